The van der Waals surface area contributed by atoms with Gasteiger partial charge in [-0.05, 0) is 87.7 Å². The third-order valence-electron chi connectivity index (χ3n) is 9.92. The molecule has 2 aromatic carbocycles. The lowest BCUT2D eigenvalue weighted by Gasteiger charge is -2.30. The van der Waals surface area contributed by atoms with Gasteiger partial charge in [0, 0.05) is 23.1 Å². The Morgan fingerprint density at radius 1 is 0.776 bits per heavy atom. The smallest absolute Gasteiger partial charge is 0.407 e. The molecule has 0 heterocycles. The molecule has 58 heavy (non-hydrogen) atoms. The molecule has 3 aliphatic rings. The maximum atomic E-state index is 12.3. The first kappa shape index (κ1) is 54.5. The average Bonchev–Trinajstić information content (AvgIpc) is 3.97. The number of carbonyl (C=O) groups is 2. The Balaban J connectivity index is 0.000000781. The molecule has 330 valence electrons. The Labute approximate surface area is 354 Å². The molecule has 10 heteroatoms. The van der Waals surface area contributed by atoms with Crippen molar-refractivity contribution in [3.63, 3.8) is 0 Å². The van der Waals surface area contributed by atoms with Gasteiger partial charge in [-0.15, -0.1) is 13.2 Å². The van der Waals surface area contributed by atoms with Crippen LogP contribution >= 0.6 is 0 Å². The minimum atomic E-state index is -2.94. The largest absolute Gasteiger partial charge is 0.449 e. The summed E-state index contributed by atoms with van der Waals surface area (Å²) < 4.78 is 29.9. The number of hydrogen-bond donors (Lipinski definition) is 2. The van der Waals surface area contributed by atoms with Gasteiger partial charge in [-0.2, -0.15) is 0 Å². The Morgan fingerprint density at radius 3 is 1.59 bits per heavy atom. The van der Waals surface area contributed by atoms with Gasteiger partial charge in [-0.3, -0.25) is 4.79 Å². The normalized spacial score (nSPS) is 15.1. The Kier molecular flexibility index (Phi) is 25.0. The lowest BCUT2D eigenvalue weighted by molar-refractivity contribution is -0.125. The predicted octanol–water partition coefficient (Wildman–Crippen LogP) is 12.0. The van der Waals surface area contributed by atoms with Crippen molar-refractivity contribution in [3.05, 3.63) is 72.8 Å². The zero-order chi connectivity index (χ0) is 43.5. The minimum Gasteiger partial charge on any atom is -0.449 e. The van der Waals surface area contributed by atoms with Crippen LogP contribution in [-0.4, -0.2) is 56.1 Å². The van der Waals surface area contributed by atoms with Crippen LogP contribution in [0, 0.1) is 29.1 Å². The fourth-order valence-corrected chi connectivity index (χ4v) is 7.32. The van der Waals surface area contributed by atoms with Crippen LogP contribution < -0.4 is 10.0 Å². The number of nitrogens with zero attached hydrogens (tertiary/aromatic N) is 1. The number of oxime groups is 1. The van der Waals surface area contributed by atoms with Gasteiger partial charge in [0.15, 0.2) is 5.78 Å². The van der Waals surface area contributed by atoms with Gasteiger partial charge in [-0.1, -0.05) is 143 Å². The molecule has 0 spiro atoms. The molecule has 3 aliphatic carbocycles. The van der Waals surface area contributed by atoms with E-state index in [0.29, 0.717) is 17.9 Å². The van der Waals surface area contributed by atoms with E-state index in [1.165, 1.54) is 17.5 Å². The number of ketones is 1. The molecule has 0 radical (unpaired) electrons. The van der Waals surface area contributed by atoms with Crippen molar-refractivity contribution in [1.29, 1.82) is 0 Å². The van der Waals surface area contributed by atoms with Gasteiger partial charge in [0.2, 0.25) is 10.0 Å². The second-order valence-electron chi connectivity index (χ2n) is 17.8. The highest BCUT2D eigenvalue weighted by molar-refractivity contribution is 7.90. The summed E-state index contributed by atoms with van der Waals surface area (Å²) in [5.74, 6) is 1.43. The first-order valence-electron chi connectivity index (χ1n) is 21.1. The van der Waals surface area contributed by atoms with Crippen molar-refractivity contribution in [2.75, 3.05) is 6.61 Å². The summed E-state index contributed by atoms with van der Waals surface area (Å²) in [4.78, 5) is 29.6. The zero-order valence-corrected chi connectivity index (χ0v) is 38.4. The maximum Gasteiger partial charge on any atom is 0.407 e. The van der Waals surface area contributed by atoms with Gasteiger partial charge in [0.05, 0.1) is 17.9 Å². The second-order valence-corrected chi connectivity index (χ2v) is 19.8. The minimum absolute atomic E-state index is 0. The van der Waals surface area contributed by atoms with Gasteiger partial charge < -0.3 is 14.9 Å². The Morgan fingerprint density at radius 2 is 1.22 bits per heavy atom. The molecule has 2 N–H and O–H groups in total. The number of Topliss-reactive ketones (excluding diaryl/α,β-unsaturated/α-hetero) is 1. The van der Waals surface area contributed by atoms with Crippen LogP contribution in [-0.2, 0) is 24.4 Å². The Hall–Kier alpha value is -3.50. The van der Waals surface area contributed by atoms with E-state index in [2.05, 4.69) is 99.4 Å². The number of amides is 1. The van der Waals surface area contributed by atoms with Gasteiger partial charge >= 0.3 is 6.09 Å². The molecule has 0 aliphatic heterocycles. The van der Waals surface area contributed by atoms with E-state index >= 15 is 0 Å². The van der Waals surface area contributed by atoms with Crippen molar-refractivity contribution in [2.24, 2.45) is 34.2 Å². The first-order valence-corrected chi connectivity index (χ1v) is 22.6. The predicted molar refractivity (Wildman–Crippen MR) is 246 cm³/mol. The molecule has 2 fully saturated rings. The van der Waals surface area contributed by atoms with Crippen LogP contribution in [0.2, 0.25) is 0 Å². The van der Waals surface area contributed by atoms with Gasteiger partial charge in [-0.25, -0.2) is 17.9 Å². The summed E-state index contributed by atoms with van der Waals surface area (Å²) >= 11 is 0. The summed E-state index contributed by atoms with van der Waals surface area (Å²) in [6, 6.07) is 16.3. The van der Waals surface area contributed by atoms with E-state index in [-0.39, 0.29) is 48.5 Å². The lowest BCUT2D eigenvalue weighted by Crippen LogP contribution is -2.48. The van der Waals surface area contributed by atoms with Crippen molar-refractivity contribution in [1.82, 2.24) is 10.0 Å². The molecule has 0 saturated heterocycles. The molecule has 9 nitrogen and oxygen atoms in total. The molecule has 1 amide bonds. The molecular weight excluding hydrogens is 747 g/mol. The average molecular weight is 828 g/mol. The SMILES string of the molecule is C.C=C.CC(C)C(C)(C)C.CC(C)COC(=O)N[C@H](C(=O)C(C)C)C1CCCCC1.CC(C)NS(=O)(=O)C1CC1.CC(C)ON=C1c2ccccc2-c2ccccc21. The van der Waals surface area contributed by atoms with Crippen molar-refractivity contribution < 1.29 is 27.6 Å². The highest BCUT2D eigenvalue weighted by atomic mass is 32.2. The van der Waals surface area contributed by atoms with E-state index < -0.39 is 16.1 Å². The van der Waals surface area contributed by atoms with E-state index in [9.17, 15) is 18.0 Å². The van der Waals surface area contributed by atoms with Gasteiger partial charge in [0.25, 0.3) is 0 Å². The van der Waals surface area contributed by atoms with Crippen LogP contribution in [0.4, 0.5) is 4.79 Å². The molecular formula is C48H81N3O6S. The second kappa shape index (κ2) is 26.6. The fourth-order valence-electron chi connectivity index (χ4n) is 5.71. The van der Waals surface area contributed by atoms with Crippen LogP contribution in [0.3, 0.4) is 0 Å². The van der Waals surface area contributed by atoms with E-state index in [4.69, 9.17) is 9.57 Å². The maximum absolute atomic E-state index is 12.3. The van der Waals surface area contributed by atoms with Crippen LogP contribution in [0.25, 0.3) is 11.1 Å². The number of ether oxygens (including phenoxy) is 1. The van der Waals surface area contributed by atoms with E-state index in [0.717, 1.165) is 61.3 Å². The summed E-state index contributed by atoms with van der Waals surface area (Å²) in [7, 11) is -2.94. The topological polar surface area (TPSA) is 123 Å². The number of nitrogens with one attached hydrogen (secondary N) is 2. The molecule has 0 unspecified atom stereocenters. The number of carbonyl (C=O) groups excluding carboxylic acids is 2. The first-order chi connectivity index (χ1) is 26.6. The summed E-state index contributed by atoms with van der Waals surface area (Å²) in [5, 5.41) is 7.05. The summed E-state index contributed by atoms with van der Waals surface area (Å²) in [6.45, 7) is 33.1. The molecule has 2 aromatic rings. The highest BCUT2D eigenvalue weighted by Crippen LogP contribution is 2.36. The lowest BCUT2D eigenvalue weighted by atomic mass is 9.80. The number of hydrogen-bond acceptors (Lipinski definition) is 7. The van der Waals surface area contributed by atoms with Crippen molar-refractivity contribution in [2.45, 2.75) is 166 Å². The number of sulfonamides is 1. The number of benzene rings is 2. The molecule has 0 aromatic heterocycles. The monoisotopic (exact) mass is 828 g/mol. The number of fused-ring (bicyclic) bond motifs is 3. The van der Waals surface area contributed by atoms with Crippen molar-refractivity contribution >= 4 is 27.6 Å². The van der Waals surface area contributed by atoms with E-state index in [1.54, 1.807) is 0 Å². The molecule has 1 atom stereocenters. The zero-order valence-electron chi connectivity index (χ0n) is 37.6. The number of alkyl carbamates (subject to hydrolysis) is 1. The molecule has 0 bridgehead atoms. The molecule has 5 rings (SSSR count). The fraction of sp³-hybridized carbons (Fsp3) is 0.646. The van der Waals surface area contributed by atoms with Crippen LogP contribution in [0.15, 0.2) is 66.8 Å². The van der Waals surface area contributed by atoms with Crippen LogP contribution in [0.1, 0.15) is 154 Å². The standard InChI is InChI=1S/C16H29NO3.C16H15NO.C7H16.C6H13NO2S.C2H4.CH4/c1-11(2)10-20-16(19)17-14(15(18)12(3)4)13-8-6-5-7-9-13;1-11(2)18-17-16-14-9-5-3-7-12(14)13-8-4-6-10-15(13)16;1-6(2)7(3,4)5;1-5(2)7-10(8,9)6-3-4-6;1-2;/h11-14H,5-10H2,1-4H3,(H,17,19);3-11H,1-2H3;6H,1-5H3;5-7H,3-4H2,1-2H3;1-2H2;1H4/t14-;;;;;/m0...../s1. The highest BCUT2D eigenvalue weighted by Gasteiger charge is 2.36. The van der Waals surface area contributed by atoms with E-state index in [1.807, 2.05) is 67.5 Å². The third kappa shape index (κ3) is 19.5. The third-order valence-corrected chi connectivity index (χ3v) is 12.1. The quantitative estimate of drug-likeness (QED) is 0.147. The number of rotatable bonds is 11. The van der Waals surface area contributed by atoms with Gasteiger partial charge in [0.1, 0.15) is 11.8 Å². The van der Waals surface area contributed by atoms with Crippen molar-refractivity contribution in [3.8, 4) is 11.1 Å². The summed E-state index contributed by atoms with van der Waals surface area (Å²) in [6.07, 6.45) is 6.88. The van der Waals surface area contributed by atoms with Crippen LogP contribution in [0.5, 0.6) is 0 Å². The molecule has 2 saturated carbocycles. The summed E-state index contributed by atoms with van der Waals surface area (Å²) in [5.41, 5.74) is 6.21. The Bertz CT molecular complexity index is 1580.